The highest BCUT2D eigenvalue weighted by molar-refractivity contribution is 5.94. The molecule has 1 amide bonds. The zero-order valence-corrected chi connectivity index (χ0v) is 12.6. The quantitative estimate of drug-likeness (QED) is 0.857. The van der Waals surface area contributed by atoms with Crippen molar-refractivity contribution in [2.24, 2.45) is 11.7 Å². The smallest absolute Gasteiger partial charge is 0.253 e. The van der Waals surface area contributed by atoms with Gasteiger partial charge in [0, 0.05) is 18.7 Å². The van der Waals surface area contributed by atoms with E-state index in [1.54, 1.807) is 0 Å². The van der Waals surface area contributed by atoms with E-state index in [0.717, 1.165) is 36.2 Å². The number of carbonyl (C=O) groups is 1. The van der Waals surface area contributed by atoms with E-state index in [1.165, 1.54) is 0 Å². The van der Waals surface area contributed by atoms with Gasteiger partial charge in [-0.15, -0.1) is 0 Å². The fourth-order valence-corrected chi connectivity index (χ4v) is 2.28. The minimum atomic E-state index is 0.119. The molecule has 3 nitrogen and oxygen atoms in total. The Morgan fingerprint density at radius 2 is 1.79 bits per heavy atom. The van der Waals surface area contributed by atoms with Crippen LogP contribution < -0.4 is 5.73 Å². The number of benzene rings is 1. The van der Waals surface area contributed by atoms with E-state index < -0.39 is 0 Å². The van der Waals surface area contributed by atoms with Gasteiger partial charge in [-0.05, 0) is 44.9 Å². The number of rotatable bonds is 6. The average molecular weight is 262 g/mol. The number of hydrogen-bond donors (Lipinski definition) is 1. The Balaban J connectivity index is 2.90. The van der Waals surface area contributed by atoms with Gasteiger partial charge in [-0.3, -0.25) is 4.79 Å². The summed E-state index contributed by atoms with van der Waals surface area (Å²) in [5, 5.41) is 0. The van der Waals surface area contributed by atoms with Crippen LogP contribution in [0.3, 0.4) is 0 Å². The van der Waals surface area contributed by atoms with Crippen molar-refractivity contribution in [3.63, 3.8) is 0 Å². The zero-order chi connectivity index (χ0) is 14.4. The third-order valence-corrected chi connectivity index (χ3v) is 2.97. The summed E-state index contributed by atoms with van der Waals surface area (Å²) >= 11 is 0. The van der Waals surface area contributed by atoms with E-state index >= 15 is 0 Å². The SMILES string of the molecule is Cc1cc(C)cc(C(=O)N(CCCN)CC(C)C)c1. The molecule has 19 heavy (non-hydrogen) atoms. The van der Waals surface area contributed by atoms with Crippen molar-refractivity contribution >= 4 is 5.91 Å². The lowest BCUT2D eigenvalue weighted by Crippen LogP contribution is -2.36. The average Bonchev–Trinajstić information content (AvgIpc) is 2.32. The first-order valence-electron chi connectivity index (χ1n) is 7.01. The van der Waals surface area contributed by atoms with E-state index in [2.05, 4.69) is 19.9 Å². The summed E-state index contributed by atoms with van der Waals surface area (Å²) < 4.78 is 0. The molecule has 0 unspecified atom stereocenters. The van der Waals surface area contributed by atoms with Gasteiger partial charge in [0.1, 0.15) is 0 Å². The maximum Gasteiger partial charge on any atom is 0.253 e. The molecular weight excluding hydrogens is 236 g/mol. The van der Waals surface area contributed by atoms with Crippen LogP contribution in [0.2, 0.25) is 0 Å². The highest BCUT2D eigenvalue weighted by Crippen LogP contribution is 2.13. The van der Waals surface area contributed by atoms with Gasteiger partial charge < -0.3 is 10.6 Å². The van der Waals surface area contributed by atoms with E-state index in [4.69, 9.17) is 5.73 Å². The minimum absolute atomic E-state index is 0.119. The molecule has 0 atom stereocenters. The van der Waals surface area contributed by atoms with Crippen LogP contribution in [0.5, 0.6) is 0 Å². The maximum absolute atomic E-state index is 12.6. The van der Waals surface area contributed by atoms with Crippen molar-refractivity contribution in [3.8, 4) is 0 Å². The normalized spacial score (nSPS) is 10.8. The second kappa shape index (κ2) is 7.29. The van der Waals surface area contributed by atoms with Crippen molar-refractivity contribution in [1.82, 2.24) is 4.90 Å². The molecule has 2 N–H and O–H groups in total. The van der Waals surface area contributed by atoms with E-state index in [1.807, 2.05) is 30.9 Å². The van der Waals surface area contributed by atoms with Gasteiger partial charge in [-0.2, -0.15) is 0 Å². The van der Waals surface area contributed by atoms with Crippen LogP contribution in [0.4, 0.5) is 0 Å². The summed E-state index contributed by atoms with van der Waals surface area (Å²) in [5.74, 6) is 0.585. The molecule has 0 fully saturated rings. The second-order valence-corrected chi connectivity index (χ2v) is 5.66. The van der Waals surface area contributed by atoms with Gasteiger partial charge in [0.05, 0.1) is 0 Å². The molecule has 0 radical (unpaired) electrons. The third-order valence-electron chi connectivity index (χ3n) is 2.97. The van der Waals surface area contributed by atoms with Crippen molar-refractivity contribution in [3.05, 3.63) is 34.9 Å². The predicted molar refractivity (Wildman–Crippen MR) is 80.3 cm³/mol. The molecule has 0 heterocycles. The Morgan fingerprint density at radius 3 is 2.26 bits per heavy atom. The summed E-state index contributed by atoms with van der Waals surface area (Å²) in [6, 6.07) is 6.01. The zero-order valence-electron chi connectivity index (χ0n) is 12.6. The fourth-order valence-electron chi connectivity index (χ4n) is 2.28. The third kappa shape index (κ3) is 5.03. The van der Waals surface area contributed by atoms with Crippen LogP contribution in [0.1, 0.15) is 41.8 Å². The molecule has 0 saturated carbocycles. The molecule has 1 aromatic rings. The molecule has 106 valence electrons. The Morgan fingerprint density at radius 1 is 1.21 bits per heavy atom. The summed E-state index contributed by atoms with van der Waals surface area (Å²) in [6.45, 7) is 10.4. The van der Waals surface area contributed by atoms with Crippen LogP contribution in [0.15, 0.2) is 18.2 Å². The standard InChI is InChI=1S/C16H26N2O/c1-12(2)11-18(7-5-6-17)16(19)15-9-13(3)8-14(4)10-15/h8-10,12H,5-7,11,17H2,1-4H3. The lowest BCUT2D eigenvalue weighted by atomic mass is 10.1. The monoisotopic (exact) mass is 262 g/mol. The van der Waals surface area contributed by atoms with Gasteiger partial charge in [-0.25, -0.2) is 0 Å². The Bertz CT molecular complexity index is 407. The maximum atomic E-state index is 12.6. The Hall–Kier alpha value is -1.35. The van der Waals surface area contributed by atoms with Crippen molar-refractivity contribution < 1.29 is 4.79 Å². The molecule has 1 aromatic carbocycles. The lowest BCUT2D eigenvalue weighted by molar-refractivity contribution is 0.0735. The first-order chi connectivity index (χ1) is 8.93. The number of amides is 1. The van der Waals surface area contributed by atoms with E-state index in [9.17, 15) is 4.79 Å². The molecule has 0 aromatic heterocycles. The number of carbonyl (C=O) groups excluding carboxylic acids is 1. The predicted octanol–water partition coefficient (Wildman–Crippen LogP) is 2.75. The highest BCUT2D eigenvalue weighted by atomic mass is 16.2. The number of nitrogens with zero attached hydrogens (tertiary/aromatic N) is 1. The van der Waals surface area contributed by atoms with E-state index in [-0.39, 0.29) is 5.91 Å². The summed E-state index contributed by atoms with van der Waals surface area (Å²) in [6.07, 6.45) is 0.850. The Labute approximate surface area is 116 Å². The molecular formula is C16H26N2O. The van der Waals surface area contributed by atoms with Crippen LogP contribution >= 0.6 is 0 Å². The summed E-state index contributed by atoms with van der Waals surface area (Å²) in [4.78, 5) is 14.5. The largest absolute Gasteiger partial charge is 0.338 e. The first-order valence-corrected chi connectivity index (χ1v) is 7.01. The molecule has 0 aliphatic rings. The highest BCUT2D eigenvalue weighted by Gasteiger charge is 2.16. The molecule has 0 saturated heterocycles. The number of aryl methyl sites for hydroxylation is 2. The van der Waals surface area contributed by atoms with Gasteiger partial charge >= 0.3 is 0 Å². The van der Waals surface area contributed by atoms with Crippen molar-refractivity contribution in [2.75, 3.05) is 19.6 Å². The molecule has 1 rings (SSSR count). The number of hydrogen-bond acceptors (Lipinski definition) is 2. The molecule has 0 aliphatic carbocycles. The van der Waals surface area contributed by atoms with E-state index in [0.29, 0.717) is 12.5 Å². The lowest BCUT2D eigenvalue weighted by Gasteiger charge is -2.25. The minimum Gasteiger partial charge on any atom is -0.338 e. The van der Waals surface area contributed by atoms with Gasteiger partial charge in [0.15, 0.2) is 0 Å². The molecule has 3 heteroatoms. The van der Waals surface area contributed by atoms with Crippen LogP contribution in [0, 0.1) is 19.8 Å². The van der Waals surface area contributed by atoms with Crippen molar-refractivity contribution in [1.29, 1.82) is 0 Å². The summed E-state index contributed by atoms with van der Waals surface area (Å²) in [7, 11) is 0. The summed E-state index contributed by atoms with van der Waals surface area (Å²) in [5.41, 5.74) is 8.61. The number of nitrogens with two attached hydrogens (primary N) is 1. The van der Waals surface area contributed by atoms with Crippen LogP contribution in [-0.4, -0.2) is 30.4 Å². The molecule has 0 bridgehead atoms. The molecule has 0 aliphatic heterocycles. The van der Waals surface area contributed by atoms with Crippen LogP contribution in [0.25, 0.3) is 0 Å². The van der Waals surface area contributed by atoms with Gasteiger partial charge in [0.2, 0.25) is 0 Å². The molecule has 0 spiro atoms. The topological polar surface area (TPSA) is 46.3 Å². The van der Waals surface area contributed by atoms with Crippen molar-refractivity contribution in [2.45, 2.75) is 34.1 Å². The Kier molecular flexibility index (Phi) is 6.03. The first kappa shape index (κ1) is 15.7. The van der Waals surface area contributed by atoms with Gasteiger partial charge in [-0.1, -0.05) is 31.0 Å². The fraction of sp³-hybridized carbons (Fsp3) is 0.562. The van der Waals surface area contributed by atoms with Crippen LogP contribution in [-0.2, 0) is 0 Å². The van der Waals surface area contributed by atoms with Gasteiger partial charge in [0.25, 0.3) is 5.91 Å². The second-order valence-electron chi connectivity index (χ2n) is 5.66.